The van der Waals surface area contributed by atoms with Crippen LogP contribution in [0.1, 0.15) is 31.2 Å². The van der Waals surface area contributed by atoms with Crippen LogP contribution in [0, 0.1) is 0 Å². The van der Waals surface area contributed by atoms with Crippen LogP contribution >= 0.6 is 0 Å². The van der Waals surface area contributed by atoms with Gasteiger partial charge in [0.05, 0.1) is 6.61 Å². The molecule has 1 aliphatic carbocycles. The van der Waals surface area contributed by atoms with Gasteiger partial charge in [-0.15, -0.1) is 0 Å². The van der Waals surface area contributed by atoms with Gasteiger partial charge in [-0.3, -0.25) is 4.99 Å². The van der Waals surface area contributed by atoms with E-state index in [2.05, 4.69) is 20.6 Å². The van der Waals surface area contributed by atoms with Gasteiger partial charge < -0.3 is 20.1 Å². The maximum Gasteiger partial charge on any atom is 0.213 e. The lowest BCUT2D eigenvalue weighted by molar-refractivity contribution is 0.201. The number of nitrogens with one attached hydrogen (secondary N) is 2. The number of hydrogen-bond acceptors (Lipinski definition) is 4. The maximum atomic E-state index is 5.86. The fraction of sp³-hybridized carbons (Fsp3) is 0.625. The Morgan fingerprint density at radius 1 is 1.32 bits per heavy atom. The normalized spacial score (nSPS) is 15.8. The Labute approximate surface area is 132 Å². The van der Waals surface area contributed by atoms with Gasteiger partial charge in [-0.25, -0.2) is 4.98 Å². The minimum Gasteiger partial charge on any atom is -0.474 e. The summed E-state index contributed by atoms with van der Waals surface area (Å²) in [6.45, 7) is 2.04. The average molecular weight is 306 g/mol. The first kappa shape index (κ1) is 16.5. The predicted molar refractivity (Wildman–Crippen MR) is 87.2 cm³/mol. The fourth-order valence-corrected chi connectivity index (χ4v) is 2.44. The molecular weight excluding hydrogens is 280 g/mol. The van der Waals surface area contributed by atoms with Crippen molar-refractivity contribution in [3.05, 3.63) is 23.9 Å². The van der Waals surface area contributed by atoms with Crippen molar-refractivity contribution in [3.8, 4) is 5.88 Å². The van der Waals surface area contributed by atoms with Crippen LogP contribution in [-0.4, -0.2) is 44.4 Å². The topological polar surface area (TPSA) is 67.8 Å². The van der Waals surface area contributed by atoms with E-state index in [0.717, 1.165) is 36.8 Å². The number of aliphatic imine (C=N–C) groups is 1. The second kappa shape index (κ2) is 9.25. The van der Waals surface area contributed by atoms with Crippen molar-refractivity contribution in [2.45, 2.75) is 38.3 Å². The lowest BCUT2D eigenvalue weighted by Gasteiger charge is -2.13. The van der Waals surface area contributed by atoms with Gasteiger partial charge in [0.25, 0.3) is 0 Å². The van der Waals surface area contributed by atoms with E-state index in [1.165, 1.54) is 12.8 Å². The number of hydrogen-bond donors (Lipinski definition) is 2. The fourth-order valence-electron chi connectivity index (χ4n) is 2.44. The van der Waals surface area contributed by atoms with E-state index in [1.54, 1.807) is 14.2 Å². The molecule has 6 heteroatoms. The van der Waals surface area contributed by atoms with E-state index < -0.39 is 0 Å². The summed E-state index contributed by atoms with van der Waals surface area (Å²) >= 11 is 0. The van der Waals surface area contributed by atoms with Crippen LogP contribution in [0.5, 0.6) is 5.88 Å². The third kappa shape index (κ3) is 5.52. The number of guanidine groups is 1. The van der Waals surface area contributed by atoms with Crippen LogP contribution in [0.2, 0.25) is 0 Å². The number of ether oxygens (including phenoxy) is 2. The molecular formula is C16H26N4O2. The van der Waals surface area contributed by atoms with Gasteiger partial charge in [0.2, 0.25) is 5.88 Å². The Hall–Kier alpha value is -1.82. The van der Waals surface area contributed by atoms with Crippen LogP contribution in [-0.2, 0) is 11.3 Å². The summed E-state index contributed by atoms with van der Waals surface area (Å²) in [5, 5.41) is 6.41. The third-order valence-corrected chi connectivity index (χ3v) is 3.67. The van der Waals surface area contributed by atoms with Crippen molar-refractivity contribution in [2.24, 2.45) is 4.99 Å². The van der Waals surface area contributed by atoms with Crippen molar-refractivity contribution < 1.29 is 9.47 Å². The second-order valence-corrected chi connectivity index (χ2v) is 5.37. The molecule has 0 spiro atoms. The van der Waals surface area contributed by atoms with Crippen molar-refractivity contribution in [1.29, 1.82) is 0 Å². The largest absolute Gasteiger partial charge is 0.474 e. The summed E-state index contributed by atoms with van der Waals surface area (Å²) in [6, 6.07) is 3.98. The molecule has 0 aromatic carbocycles. The highest BCUT2D eigenvalue weighted by Crippen LogP contribution is 2.22. The first-order valence-electron chi connectivity index (χ1n) is 7.87. The zero-order valence-electron chi connectivity index (χ0n) is 13.5. The molecule has 6 nitrogen and oxygen atoms in total. The van der Waals surface area contributed by atoms with Crippen LogP contribution in [0.4, 0.5) is 0 Å². The van der Waals surface area contributed by atoms with Crippen molar-refractivity contribution in [3.63, 3.8) is 0 Å². The summed E-state index contributed by atoms with van der Waals surface area (Å²) in [7, 11) is 3.43. The molecule has 0 atom stereocenters. The van der Waals surface area contributed by atoms with Gasteiger partial charge in [-0.05, 0) is 31.2 Å². The summed E-state index contributed by atoms with van der Waals surface area (Å²) in [5.74, 6) is 1.47. The molecule has 122 valence electrons. The van der Waals surface area contributed by atoms with Gasteiger partial charge in [-0.2, -0.15) is 0 Å². The molecule has 1 aromatic heterocycles. The Morgan fingerprint density at radius 3 is 2.77 bits per heavy atom. The lowest BCUT2D eigenvalue weighted by Crippen LogP contribution is -2.38. The van der Waals surface area contributed by atoms with E-state index in [-0.39, 0.29) is 0 Å². The molecule has 1 heterocycles. The summed E-state index contributed by atoms with van der Waals surface area (Å²) in [4.78, 5) is 8.53. The standard InChI is InChI=1S/C16H26N4O2/c1-17-16(18-9-10-21-2)20-12-13-7-8-15(19-11-13)22-14-5-3-4-6-14/h7-8,11,14H,3-6,9-10,12H2,1-2H3,(H2,17,18,20). The number of methoxy groups -OCH3 is 1. The molecule has 1 aromatic rings. The van der Waals surface area contributed by atoms with Crippen molar-refractivity contribution in [2.75, 3.05) is 27.3 Å². The van der Waals surface area contributed by atoms with Gasteiger partial charge in [0, 0.05) is 39.5 Å². The molecule has 0 bridgehead atoms. The maximum absolute atomic E-state index is 5.86. The van der Waals surface area contributed by atoms with E-state index in [9.17, 15) is 0 Å². The Bertz CT molecular complexity index is 456. The molecule has 0 aliphatic heterocycles. The first-order chi connectivity index (χ1) is 10.8. The molecule has 2 rings (SSSR count). The van der Waals surface area contributed by atoms with Gasteiger partial charge in [0.1, 0.15) is 6.10 Å². The van der Waals surface area contributed by atoms with Gasteiger partial charge in [-0.1, -0.05) is 6.07 Å². The Kier molecular flexibility index (Phi) is 6.96. The monoisotopic (exact) mass is 306 g/mol. The average Bonchev–Trinajstić information content (AvgIpc) is 3.05. The van der Waals surface area contributed by atoms with Crippen LogP contribution in [0.15, 0.2) is 23.3 Å². The number of rotatable bonds is 7. The zero-order valence-corrected chi connectivity index (χ0v) is 13.5. The highest BCUT2D eigenvalue weighted by molar-refractivity contribution is 5.79. The highest BCUT2D eigenvalue weighted by atomic mass is 16.5. The van der Waals surface area contributed by atoms with E-state index in [1.807, 2.05) is 18.3 Å². The van der Waals surface area contributed by atoms with E-state index >= 15 is 0 Å². The molecule has 0 saturated heterocycles. The van der Waals surface area contributed by atoms with Gasteiger partial charge in [0.15, 0.2) is 5.96 Å². The quantitative estimate of drug-likeness (QED) is 0.456. The van der Waals surface area contributed by atoms with Crippen LogP contribution in [0.25, 0.3) is 0 Å². The second-order valence-electron chi connectivity index (χ2n) is 5.37. The summed E-state index contributed by atoms with van der Waals surface area (Å²) in [5.41, 5.74) is 1.09. The number of aromatic nitrogens is 1. The minimum atomic E-state index is 0.347. The predicted octanol–water partition coefficient (Wildman–Crippen LogP) is 1.71. The Morgan fingerprint density at radius 2 is 2.14 bits per heavy atom. The highest BCUT2D eigenvalue weighted by Gasteiger charge is 2.16. The Balaban J connectivity index is 1.75. The lowest BCUT2D eigenvalue weighted by atomic mass is 10.3. The smallest absolute Gasteiger partial charge is 0.213 e. The molecule has 2 N–H and O–H groups in total. The van der Waals surface area contributed by atoms with Crippen molar-refractivity contribution >= 4 is 5.96 Å². The minimum absolute atomic E-state index is 0.347. The van der Waals surface area contributed by atoms with Crippen LogP contribution in [0.3, 0.4) is 0 Å². The molecule has 0 radical (unpaired) electrons. The summed E-state index contributed by atoms with van der Waals surface area (Å²) in [6.07, 6.45) is 7.02. The molecule has 0 unspecified atom stereocenters. The molecule has 0 amide bonds. The van der Waals surface area contributed by atoms with Gasteiger partial charge >= 0.3 is 0 Å². The first-order valence-corrected chi connectivity index (χ1v) is 7.87. The molecule has 1 aliphatic rings. The number of nitrogens with zero attached hydrogens (tertiary/aromatic N) is 2. The summed E-state index contributed by atoms with van der Waals surface area (Å²) < 4.78 is 10.9. The number of pyridine rings is 1. The SMILES string of the molecule is CN=C(NCCOC)NCc1ccc(OC2CCCC2)nc1. The van der Waals surface area contributed by atoms with E-state index in [0.29, 0.717) is 19.3 Å². The third-order valence-electron chi connectivity index (χ3n) is 3.67. The molecule has 1 fully saturated rings. The molecule has 1 saturated carbocycles. The van der Waals surface area contributed by atoms with E-state index in [4.69, 9.17) is 9.47 Å². The molecule has 22 heavy (non-hydrogen) atoms. The van der Waals surface area contributed by atoms with Crippen molar-refractivity contribution in [1.82, 2.24) is 15.6 Å². The zero-order chi connectivity index (χ0) is 15.6. The van der Waals surface area contributed by atoms with Crippen LogP contribution < -0.4 is 15.4 Å².